The Morgan fingerprint density at radius 2 is 1.95 bits per heavy atom. The number of aromatic nitrogens is 1. The lowest BCUT2D eigenvalue weighted by Crippen LogP contribution is -2.36. The van der Waals surface area contributed by atoms with E-state index in [1.807, 2.05) is 30.3 Å². The van der Waals surface area contributed by atoms with Crippen molar-refractivity contribution in [3.05, 3.63) is 53.9 Å². The second-order valence-corrected chi connectivity index (χ2v) is 5.38. The van der Waals surface area contributed by atoms with E-state index in [-0.39, 0.29) is 11.3 Å². The lowest BCUT2D eigenvalue weighted by atomic mass is 9.84. The summed E-state index contributed by atoms with van der Waals surface area (Å²) in [5.41, 5.74) is 1.59. The minimum absolute atomic E-state index is 0.0865. The number of aromatic amines is 1. The van der Waals surface area contributed by atoms with Gasteiger partial charge >= 0.3 is 0 Å². The van der Waals surface area contributed by atoms with Crippen LogP contribution >= 0.6 is 0 Å². The molecule has 0 fully saturated rings. The third kappa shape index (κ3) is 3.20. The Kier molecular flexibility index (Phi) is 4.13. The van der Waals surface area contributed by atoms with E-state index >= 15 is 0 Å². The molecule has 2 N–H and O–H groups in total. The summed E-state index contributed by atoms with van der Waals surface area (Å²) in [5, 5.41) is 2.95. The SMILES string of the molecule is COc1ccc(C(C)(C)CNC(=O)c2ccc[nH]2)cc1. The molecule has 0 saturated carbocycles. The van der Waals surface area contributed by atoms with E-state index in [4.69, 9.17) is 4.74 Å². The molecule has 20 heavy (non-hydrogen) atoms. The first kappa shape index (κ1) is 14.2. The van der Waals surface area contributed by atoms with Gasteiger partial charge in [-0.2, -0.15) is 0 Å². The van der Waals surface area contributed by atoms with Gasteiger partial charge in [0.2, 0.25) is 0 Å². The van der Waals surface area contributed by atoms with E-state index in [0.29, 0.717) is 12.2 Å². The second-order valence-electron chi connectivity index (χ2n) is 5.38. The topological polar surface area (TPSA) is 54.1 Å². The fourth-order valence-corrected chi connectivity index (χ4v) is 2.01. The molecular weight excluding hydrogens is 252 g/mol. The lowest BCUT2D eigenvalue weighted by molar-refractivity contribution is 0.0941. The van der Waals surface area contributed by atoms with E-state index < -0.39 is 0 Å². The minimum atomic E-state index is -0.144. The Morgan fingerprint density at radius 1 is 1.25 bits per heavy atom. The number of carbonyl (C=O) groups excluding carboxylic acids is 1. The van der Waals surface area contributed by atoms with Crippen molar-refractivity contribution in [3.63, 3.8) is 0 Å². The van der Waals surface area contributed by atoms with Crippen molar-refractivity contribution >= 4 is 5.91 Å². The van der Waals surface area contributed by atoms with Crippen LogP contribution in [0.4, 0.5) is 0 Å². The van der Waals surface area contributed by atoms with Crippen molar-refractivity contribution in [1.29, 1.82) is 0 Å². The molecule has 1 heterocycles. The van der Waals surface area contributed by atoms with Gasteiger partial charge in [0.05, 0.1) is 7.11 Å². The number of benzene rings is 1. The number of amides is 1. The molecule has 0 bridgehead atoms. The summed E-state index contributed by atoms with van der Waals surface area (Å²) in [6, 6.07) is 11.5. The monoisotopic (exact) mass is 272 g/mol. The van der Waals surface area contributed by atoms with Crippen molar-refractivity contribution in [2.24, 2.45) is 0 Å². The highest BCUT2D eigenvalue weighted by atomic mass is 16.5. The molecule has 0 saturated heterocycles. The molecule has 1 aromatic heterocycles. The zero-order valence-electron chi connectivity index (χ0n) is 12.1. The van der Waals surface area contributed by atoms with Crippen LogP contribution in [0.2, 0.25) is 0 Å². The van der Waals surface area contributed by atoms with Gasteiger partial charge in [0.15, 0.2) is 0 Å². The smallest absolute Gasteiger partial charge is 0.267 e. The highest BCUT2D eigenvalue weighted by Gasteiger charge is 2.21. The third-order valence-electron chi connectivity index (χ3n) is 3.40. The Hall–Kier alpha value is -2.23. The number of nitrogens with one attached hydrogen (secondary N) is 2. The molecule has 0 radical (unpaired) electrons. The molecule has 0 aliphatic heterocycles. The average molecular weight is 272 g/mol. The number of carbonyl (C=O) groups is 1. The molecule has 0 unspecified atom stereocenters. The van der Waals surface area contributed by atoms with Crippen molar-refractivity contribution in [3.8, 4) is 5.75 Å². The highest BCUT2D eigenvalue weighted by Crippen LogP contribution is 2.24. The molecule has 0 aliphatic rings. The Balaban J connectivity index is 2.01. The van der Waals surface area contributed by atoms with Crippen molar-refractivity contribution in [2.75, 3.05) is 13.7 Å². The minimum Gasteiger partial charge on any atom is -0.497 e. The van der Waals surface area contributed by atoms with Gasteiger partial charge in [0.25, 0.3) is 5.91 Å². The van der Waals surface area contributed by atoms with Gasteiger partial charge in [-0.25, -0.2) is 0 Å². The second kappa shape index (κ2) is 5.82. The largest absolute Gasteiger partial charge is 0.497 e. The van der Waals surface area contributed by atoms with E-state index in [9.17, 15) is 4.79 Å². The lowest BCUT2D eigenvalue weighted by Gasteiger charge is -2.25. The number of H-pyrrole nitrogens is 1. The number of methoxy groups -OCH3 is 1. The van der Waals surface area contributed by atoms with Crippen LogP contribution in [0.5, 0.6) is 5.75 Å². The van der Waals surface area contributed by atoms with Gasteiger partial charge in [-0.3, -0.25) is 4.79 Å². The molecule has 0 atom stereocenters. The molecule has 4 heteroatoms. The van der Waals surface area contributed by atoms with Crippen LogP contribution in [-0.2, 0) is 5.41 Å². The standard InChI is InChI=1S/C16H20N2O2/c1-16(2,12-6-8-13(20-3)9-7-12)11-18-15(19)14-5-4-10-17-14/h4-10,17H,11H2,1-3H3,(H,18,19). The molecule has 1 aromatic carbocycles. The number of ether oxygens (including phenoxy) is 1. The van der Waals surface area contributed by atoms with Gasteiger partial charge in [-0.1, -0.05) is 26.0 Å². The van der Waals surface area contributed by atoms with E-state index in [2.05, 4.69) is 24.1 Å². The maximum Gasteiger partial charge on any atom is 0.267 e. The summed E-state index contributed by atoms with van der Waals surface area (Å²) in [7, 11) is 1.65. The van der Waals surface area contributed by atoms with Crippen LogP contribution in [0.25, 0.3) is 0 Å². The molecule has 0 aliphatic carbocycles. The van der Waals surface area contributed by atoms with Crippen LogP contribution < -0.4 is 10.1 Å². The van der Waals surface area contributed by atoms with E-state index in [1.165, 1.54) is 0 Å². The Labute approximate surface area is 119 Å². The first-order valence-corrected chi connectivity index (χ1v) is 6.59. The zero-order valence-corrected chi connectivity index (χ0v) is 12.1. The average Bonchev–Trinajstić information content (AvgIpc) is 2.99. The Morgan fingerprint density at radius 3 is 2.50 bits per heavy atom. The zero-order chi connectivity index (χ0) is 14.6. The summed E-state index contributed by atoms with van der Waals surface area (Å²) in [6.45, 7) is 4.77. The van der Waals surface area contributed by atoms with Crippen LogP contribution in [0, 0.1) is 0 Å². The predicted molar refractivity (Wildman–Crippen MR) is 79.1 cm³/mol. The maximum atomic E-state index is 11.9. The summed E-state index contributed by atoms with van der Waals surface area (Å²) >= 11 is 0. The highest BCUT2D eigenvalue weighted by molar-refractivity contribution is 5.92. The van der Waals surface area contributed by atoms with Crippen LogP contribution in [0.1, 0.15) is 29.9 Å². The summed E-state index contributed by atoms with van der Waals surface area (Å²) < 4.78 is 5.16. The fourth-order valence-electron chi connectivity index (χ4n) is 2.01. The maximum absolute atomic E-state index is 11.9. The predicted octanol–water partition coefficient (Wildman–Crippen LogP) is 2.73. The van der Waals surface area contributed by atoms with Gasteiger partial charge in [0, 0.05) is 18.2 Å². The molecule has 4 nitrogen and oxygen atoms in total. The molecule has 106 valence electrons. The van der Waals surface area contributed by atoms with Gasteiger partial charge in [-0.15, -0.1) is 0 Å². The summed E-state index contributed by atoms with van der Waals surface area (Å²) in [4.78, 5) is 14.8. The van der Waals surface area contributed by atoms with E-state index in [0.717, 1.165) is 11.3 Å². The van der Waals surface area contributed by atoms with Crippen molar-refractivity contribution < 1.29 is 9.53 Å². The fraction of sp³-hybridized carbons (Fsp3) is 0.312. The van der Waals surface area contributed by atoms with Gasteiger partial charge in [-0.05, 0) is 29.8 Å². The molecular formula is C16H20N2O2. The molecule has 2 rings (SSSR count). The molecule has 2 aromatic rings. The van der Waals surface area contributed by atoms with Gasteiger partial charge < -0.3 is 15.0 Å². The first-order valence-electron chi connectivity index (χ1n) is 6.59. The quantitative estimate of drug-likeness (QED) is 0.879. The van der Waals surface area contributed by atoms with Crippen LogP contribution in [0.15, 0.2) is 42.6 Å². The van der Waals surface area contributed by atoms with E-state index in [1.54, 1.807) is 19.4 Å². The normalized spacial score (nSPS) is 11.2. The summed E-state index contributed by atoms with van der Waals surface area (Å²) in [6.07, 6.45) is 1.74. The molecule has 1 amide bonds. The van der Waals surface area contributed by atoms with Crippen LogP contribution in [0.3, 0.4) is 0 Å². The number of hydrogen-bond donors (Lipinski definition) is 2. The third-order valence-corrected chi connectivity index (χ3v) is 3.40. The van der Waals surface area contributed by atoms with Crippen molar-refractivity contribution in [2.45, 2.75) is 19.3 Å². The van der Waals surface area contributed by atoms with Crippen LogP contribution in [-0.4, -0.2) is 24.5 Å². The van der Waals surface area contributed by atoms with Gasteiger partial charge in [0.1, 0.15) is 11.4 Å². The Bertz CT molecular complexity index is 557. The number of hydrogen-bond acceptors (Lipinski definition) is 2. The van der Waals surface area contributed by atoms with Crippen molar-refractivity contribution in [1.82, 2.24) is 10.3 Å². The number of rotatable bonds is 5. The molecule has 0 spiro atoms. The summed E-state index contributed by atoms with van der Waals surface area (Å²) in [5.74, 6) is 0.747. The first-order chi connectivity index (χ1) is 9.53.